The lowest BCUT2D eigenvalue weighted by Crippen LogP contribution is -2.00. The first kappa shape index (κ1) is 5.91. The molecule has 0 radical (unpaired) electrons. The Hall–Kier alpha value is -0.840. The highest BCUT2D eigenvalue weighted by molar-refractivity contribution is 7.71. The molecule has 1 heterocycles. The Morgan fingerprint density at radius 2 is 2.50 bits per heavy atom. The molecule has 0 atom stereocenters. The van der Waals surface area contributed by atoms with Crippen LogP contribution in [0.15, 0.2) is 4.42 Å². The van der Waals surface area contributed by atoms with Gasteiger partial charge in [0.25, 0.3) is 4.84 Å². The quantitative estimate of drug-likeness (QED) is 0.635. The van der Waals surface area contributed by atoms with Crippen LogP contribution in [0, 0.1) is 4.84 Å². The largest absolute Gasteiger partial charge is 0.396 e. The molecule has 10 heavy (non-hydrogen) atoms. The highest BCUT2D eigenvalue weighted by Gasteiger charge is 2.22. The summed E-state index contributed by atoms with van der Waals surface area (Å²) in [5.74, 6) is 0. The summed E-state index contributed by atoms with van der Waals surface area (Å²) in [5.41, 5.74) is 0. The molecule has 1 aromatic rings. The summed E-state index contributed by atoms with van der Waals surface area (Å²) in [7, 11) is 0. The van der Waals surface area contributed by atoms with Gasteiger partial charge in [-0.1, -0.05) is 0 Å². The average molecular weight is 157 g/mol. The van der Waals surface area contributed by atoms with E-state index in [1.807, 2.05) is 0 Å². The van der Waals surface area contributed by atoms with Crippen LogP contribution in [0.4, 0.5) is 6.01 Å². The summed E-state index contributed by atoms with van der Waals surface area (Å²) < 4.78 is 4.97. The minimum atomic E-state index is 0.322. The third-order valence-corrected chi connectivity index (χ3v) is 1.52. The molecule has 2 N–H and O–H groups in total. The number of rotatable bonds is 2. The van der Waals surface area contributed by atoms with E-state index in [0.717, 1.165) is 0 Å². The molecule has 1 fully saturated rings. The third kappa shape index (κ3) is 1.18. The Balaban J connectivity index is 2.10. The number of aromatic amines is 1. The Labute approximate surface area is 62.6 Å². The summed E-state index contributed by atoms with van der Waals surface area (Å²) >= 11 is 4.68. The van der Waals surface area contributed by atoms with Crippen molar-refractivity contribution in [3.05, 3.63) is 4.84 Å². The predicted molar refractivity (Wildman–Crippen MR) is 38.3 cm³/mol. The maximum Gasteiger partial charge on any atom is 0.314 e. The smallest absolute Gasteiger partial charge is 0.314 e. The minimum Gasteiger partial charge on any atom is -0.396 e. The highest BCUT2D eigenvalue weighted by atomic mass is 32.1. The van der Waals surface area contributed by atoms with Crippen molar-refractivity contribution in [3.63, 3.8) is 0 Å². The van der Waals surface area contributed by atoms with Crippen LogP contribution >= 0.6 is 12.2 Å². The number of hydrogen-bond donors (Lipinski definition) is 2. The molecule has 0 amide bonds. The van der Waals surface area contributed by atoms with Gasteiger partial charge in [-0.25, -0.2) is 5.10 Å². The maximum atomic E-state index is 4.97. The number of nitrogens with one attached hydrogen (secondary N) is 2. The molecule has 0 bridgehead atoms. The molecule has 1 aromatic heterocycles. The molecule has 1 saturated carbocycles. The lowest BCUT2D eigenvalue weighted by molar-refractivity contribution is 0.549. The number of aromatic nitrogens is 2. The number of hydrogen-bond acceptors (Lipinski definition) is 4. The first-order valence-electron chi connectivity index (χ1n) is 3.16. The van der Waals surface area contributed by atoms with Gasteiger partial charge < -0.3 is 9.73 Å². The maximum absolute atomic E-state index is 4.97. The van der Waals surface area contributed by atoms with Crippen LogP contribution in [-0.2, 0) is 0 Å². The third-order valence-electron chi connectivity index (χ3n) is 1.34. The summed E-state index contributed by atoms with van der Waals surface area (Å²) in [6.07, 6.45) is 2.41. The van der Waals surface area contributed by atoms with Crippen molar-refractivity contribution < 1.29 is 4.42 Å². The molecular formula is C5H7N3OS. The fourth-order valence-corrected chi connectivity index (χ4v) is 0.818. The zero-order valence-corrected chi connectivity index (χ0v) is 6.07. The monoisotopic (exact) mass is 157 g/mol. The lowest BCUT2D eigenvalue weighted by atomic mass is 10.7. The van der Waals surface area contributed by atoms with E-state index in [0.29, 0.717) is 16.9 Å². The first-order chi connectivity index (χ1) is 4.84. The summed E-state index contributed by atoms with van der Waals surface area (Å²) in [4.78, 5) is 0.322. The molecule has 1 aliphatic rings. The Kier molecular flexibility index (Phi) is 1.23. The fourth-order valence-electron chi connectivity index (χ4n) is 0.694. The molecule has 0 spiro atoms. The zero-order valence-electron chi connectivity index (χ0n) is 5.26. The molecule has 0 saturated heterocycles. The van der Waals surface area contributed by atoms with E-state index in [1.165, 1.54) is 12.8 Å². The predicted octanol–water partition coefficient (Wildman–Crippen LogP) is 1.31. The van der Waals surface area contributed by atoms with Crippen LogP contribution < -0.4 is 5.32 Å². The van der Waals surface area contributed by atoms with Gasteiger partial charge in [0.1, 0.15) is 0 Å². The first-order valence-corrected chi connectivity index (χ1v) is 3.57. The van der Waals surface area contributed by atoms with Crippen molar-refractivity contribution >= 4 is 18.2 Å². The normalized spacial score (nSPS) is 17.2. The Morgan fingerprint density at radius 3 is 3.00 bits per heavy atom. The van der Waals surface area contributed by atoms with Crippen LogP contribution in [0.1, 0.15) is 12.8 Å². The summed E-state index contributed by atoms with van der Waals surface area (Å²) in [5, 5.41) is 9.39. The van der Waals surface area contributed by atoms with Crippen molar-refractivity contribution in [1.29, 1.82) is 0 Å². The van der Waals surface area contributed by atoms with E-state index in [4.69, 9.17) is 4.42 Å². The highest BCUT2D eigenvalue weighted by Crippen LogP contribution is 2.23. The number of anilines is 1. The van der Waals surface area contributed by atoms with Gasteiger partial charge in [0.05, 0.1) is 0 Å². The van der Waals surface area contributed by atoms with E-state index in [1.54, 1.807) is 0 Å². The lowest BCUT2D eigenvalue weighted by Gasteiger charge is -1.92. The second-order valence-electron chi connectivity index (χ2n) is 2.34. The molecule has 5 heteroatoms. The van der Waals surface area contributed by atoms with Gasteiger partial charge in [-0.05, 0) is 25.1 Å². The molecular weight excluding hydrogens is 150 g/mol. The number of nitrogens with zero attached hydrogens (tertiary/aromatic N) is 1. The van der Waals surface area contributed by atoms with Crippen molar-refractivity contribution in [2.75, 3.05) is 5.32 Å². The van der Waals surface area contributed by atoms with Gasteiger partial charge in [-0.3, -0.25) is 0 Å². The minimum absolute atomic E-state index is 0.322. The summed E-state index contributed by atoms with van der Waals surface area (Å²) in [6.45, 7) is 0. The van der Waals surface area contributed by atoms with E-state index < -0.39 is 0 Å². The second-order valence-corrected chi connectivity index (χ2v) is 2.71. The zero-order chi connectivity index (χ0) is 6.97. The van der Waals surface area contributed by atoms with E-state index in [9.17, 15) is 0 Å². The van der Waals surface area contributed by atoms with Gasteiger partial charge in [0.2, 0.25) is 0 Å². The van der Waals surface area contributed by atoms with Gasteiger partial charge in [-0.2, -0.15) is 0 Å². The SMILES string of the molecule is S=c1[nH]nc(NC2CC2)o1. The molecule has 1 aliphatic carbocycles. The standard InChI is InChI=1S/C5H7N3OS/c10-5-8-7-4(9-5)6-3-1-2-3/h3H,1-2H2,(H,6,7)(H,8,10). The van der Waals surface area contributed by atoms with Crippen LogP contribution in [0.5, 0.6) is 0 Å². The van der Waals surface area contributed by atoms with Crippen molar-refractivity contribution in [2.24, 2.45) is 0 Å². The van der Waals surface area contributed by atoms with Crippen molar-refractivity contribution in [2.45, 2.75) is 18.9 Å². The van der Waals surface area contributed by atoms with E-state index in [-0.39, 0.29) is 0 Å². The average Bonchev–Trinajstić information content (AvgIpc) is 2.59. The van der Waals surface area contributed by atoms with Gasteiger partial charge in [-0.15, -0.1) is 5.10 Å². The Bertz CT molecular complexity index is 274. The molecule has 2 rings (SSSR count). The van der Waals surface area contributed by atoms with Gasteiger partial charge >= 0.3 is 6.01 Å². The Morgan fingerprint density at radius 1 is 1.70 bits per heavy atom. The van der Waals surface area contributed by atoms with E-state index in [2.05, 4.69) is 27.7 Å². The molecule has 0 unspecified atom stereocenters. The van der Waals surface area contributed by atoms with Gasteiger partial charge in [0, 0.05) is 6.04 Å². The van der Waals surface area contributed by atoms with Crippen LogP contribution in [0.3, 0.4) is 0 Å². The fraction of sp³-hybridized carbons (Fsp3) is 0.600. The number of H-pyrrole nitrogens is 1. The molecule has 0 aromatic carbocycles. The van der Waals surface area contributed by atoms with Gasteiger partial charge in [0.15, 0.2) is 0 Å². The van der Waals surface area contributed by atoms with Crippen molar-refractivity contribution in [1.82, 2.24) is 10.2 Å². The molecule has 54 valence electrons. The van der Waals surface area contributed by atoms with Crippen LogP contribution in [0.25, 0.3) is 0 Å². The summed E-state index contributed by atoms with van der Waals surface area (Å²) in [6, 6.07) is 1.06. The van der Waals surface area contributed by atoms with E-state index >= 15 is 0 Å². The molecule has 0 aliphatic heterocycles. The van der Waals surface area contributed by atoms with Crippen molar-refractivity contribution in [3.8, 4) is 0 Å². The topological polar surface area (TPSA) is 53.9 Å². The van der Waals surface area contributed by atoms with Crippen LogP contribution in [-0.4, -0.2) is 16.2 Å². The van der Waals surface area contributed by atoms with Crippen LogP contribution in [0.2, 0.25) is 0 Å². The second kappa shape index (κ2) is 2.09. The molecule has 4 nitrogen and oxygen atoms in total.